The molecule has 0 saturated carbocycles. The summed E-state index contributed by atoms with van der Waals surface area (Å²) in [6.07, 6.45) is 2.04. The number of aryl methyl sites for hydroxylation is 2. The Balaban J connectivity index is 0.000000200. The molecular formula is C14H17NO3S. The summed E-state index contributed by atoms with van der Waals surface area (Å²) in [5.41, 5.74) is 1.81. The average molecular weight is 279 g/mol. The molecule has 0 atom stereocenters. The summed E-state index contributed by atoms with van der Waals surface area (Å²) in [6, 6.07) is 14.5. The van der Waals surface area contributed by atoms with Crippen LogP contribution in [0.25, 0.3) is 0 Å². The van der Waals surface area contributed by atoms with Gasteiger partial charge in [-0.05, 0) is 5.56 Å². The number of hydrogen-bond acceptors (Lipinski definition) is 3. The number of pyridine rings is 1. The zero-order chi connectivity index (χ0) is 14.3. The van der Waals surface area contributed by atoms with E-state index in [-0.39, 0.29) is 0 Å². The molecule has 0 bridgehead atoms. The minimum absolute atomic E-state index is 0.423. The lowest BCUT2D eigenvalue weighted by Gasteiger charge is -2.05. The molecule has 0 spiro atoms. The molecule has 0 fully saturated rings. The molecule has 1 aromatic heterocycles. The minimum atomic E-state index is -4.13. The predicted octanol–water partition coefficient (Wildman–Crippen LogP) is 1.55. The van der Waals surface area contributed by atoms with E-state index in [1.807, 2.05) is 25.4 Å². The fraction of sp³-hybridized carbons (Fsp3) is 0.214. The SMILES string of the molecule is Cc1cccc[n+]1C.O=S(=O)([O-])Cc1ccccc1. The van der Waals surface area contributed by atoms with Crippen LogP contribution in [0.5, 0.6) is 0 Å². The van der Waals surface area contributed by atoms with E-state index in [9.17, 15) is 13.0 Å². The quantitative estimate of drug-likeness (QED) is 0.619. The number of nitrogens with zero attached hydrogens (tertiary/aromatic N) is 1. The van der Waals surface area contributed by atoms with E-state index in [1.54, 1.807) is 30.3 Å². The third-order valence-corrected chi connectivity index (χ3v) is 3.19. The molecule has 5 heteroatoms. The number of aromatic nitrogens is 1. The fourth-order valence-corrected chi connectivity index (χ4v) is 1.99. The molecular weight excluding hydrogens is 262 g/mol. The Morgan fingerprint density at radius 3 is 2.05 bits per heavy atom. The van der Waals surface area contributed by atoms with Crippen LogP contribution in [-0.2, 0) is 22.9 Å². The number of benzene rings is 1. The lowest BCUT2D eigenvalue weighted by molar-refractivity contribution is -0.677. The normalized spacial score (nSPS) is 10.5. The van der Waals surface area contributed by atoms with Crippen LogP contribution in [0.15, 0.2) is 54.7 Å². The molecule has 0 radical (unpaired) electrons. The van der Waals surface area contributed by atoms with Crippen LogP contribution in [-0.4, -0.2) is 13.0 Å². The van der Waals surface area contributed by atoms with E-state index < -0.39 is 15.9 Å². The van der Waals surface area contributed by atoms with Gasteiger partial charge < -0.3 is 4.55 Å². The van der Waals surface area contributed by atoms with Crippen molar-refractivity contribution < 1.29 is 17.5 Å². The summed E-state index contributed by atoms with van der Waals surface area (Å²) in [5, 5.41) is 0. The van der Waals surface area contributed by atoms with Crippen LogP contribution >= 0.6 is 0 Å². The molecule has 0 aliphatic carbocycles. The Bertz CT molecular complexity index is 589. The molecule has 0 aliphatic rings. The average Bonchev–Trinajstić information content (AvgIpc) is 2.33. The van der Waals surface area contributed by atoms with Crippen molar-refractivity contribution in [3.05, 3.63) is 66.0 Å². The summed E-state index contributed by atoms with van der Waals surface area (Å²) < 4.78 is 32.8. The second-order valence-electron chi connectivity index (χ2n) is 4.14. The van der Waals surface area contributed by atoms with Gasteiger partial charge in [-0.2, -0.15) is 0 Å². The Labute approximate surface area is 114 Å². The van der Waals surface area contributed by atoms with E-state index in [0.29, 0.717) is 5.56 Å². The highest BCUT2D eigenvalue weighted by atomic mass is 32.2. The summed E-state index contributed by atoms with van der Waals surface area (Å²) in [7, 11) is -2.09. The van der Waals surface area contributed by atoms with Gasteiger partial charge in [0.15, 0.2) is 11.9 Å². The van der Waals surface area contributed by atoms with E-state index in [2.05, 4.69) is 17.6 Å². The predicted molar refractivity (Wildman–Crippen MR) is 72.2 cm³/mol. The van der Waals surface area contributed by atoms with Gasteiger partial charge in [0.05, 0.1) is 15.9 Å². The van der Waals surface area contributed by atoms with Crippen molar-refractivity contribution in [1.82, 2.24) is 0 Å². The highest BCUT2D eigenvalue weighted by Crippen LogP contribution is 2.02. The van der Waals surface area contributed by atoms with E-state index in [1.165, 1.54) is 5.69 Å². The molecule has 4 nitrogen and oxygen atoms in total. The maximum absolute atomic E-state index is 10.2. The summed E-state index contributed by atoms with van der Waals surface area (Å²) in [5.74, 6) is -0.423. The molecule has 0 amide bonds. The van der Waals surface area contributed by atoms with Gasteiger partial charge in [-0.15, -0.1) is 0 Å². The van der Waals surface area contributed by atoms with Gasteiger partial charge in [-0.25, -0.2) is 13.0 Å². The minimum Gasteiger partial charge on any atom is -0.748 e. The lowest BCUT2D eigenvalue weighted by atomic mass is 10.2. The molecule has 1 heterocycles. The first kappa shape index (κ1) is 15.3. The molecule has 0 saturated heterocycles. The molecule has 2 rings (SSSR count). The molecule has 0 N–H and O–H groups in total. The zero-order valence-electron chi connectivity index (χ0n) is 11.0. The van der Waals surface area contributed by atoms with Gasteiger partial charge in [-0.1, -0.05) is 36.4 Å². The van der Waals surface area contributed by atoms with Gasteiger partial charge in [0.2, 0.25) is 0 Å². The zero-order valence-corrected chi connectivity index (χ0v) is 11.8. The van der Waals surface area contributed by atoms with Gasteiger partial charge in [0, 0.05) is 19.1 Å². The van der Waals surface area contributed by atoms with Crippen molar-refractivity contribution in [2.24, 2.45) is 7.05 Å². The van der Waals surface area contributed by atoms with E-state index >= 15 is 0 Å². The van der Waals surface area contributed by atoms with Crippen LogP contribution in [0, 0.1) is 6.92 Å². The van der Waals surface area contributed by atoms with Crippen LogP contribution in [0.3, 0.4) is 0 Å². The van der Waals surface area contributed by atoms with Crippen molar-refractivity contribution >= 4 is 10.1 Å². The van der Waals surface area contributed by atoms with Crippen molar-refractivity contribution in [3.63, 3.8) is 0 Å². The van der Waals surface area contributed by atoms with E-state index in [4.69, 9.17) is 0 Å². The van der Waals surface area contributed by atoms with Crippen LogP contribution in [0.1, 0.15) is 11.3 Å². The van der Waals surface area contributed by atoms with Crippen LogP contribution in [0.4, 0.5) is 0 Å². The lowest BCUT2D eigenvalue weighted by Crippen LogP contribution is -2.30. The first-order chi connectivity index (χ1) is 8.88. The Morgan fingerprint density at radius 1 is 1.05 bits per heavy atom. The van der Waals surface area contributed by atoms with Crippen LogP contribution in [0.2, 0.25) is 0 Å². The highest BCUT2D eigenvalue weighted by Gasteiger charge is 1.96. The number of rotatable bonds is 2. The van der Waals surface area contributed by atoms with E-state index in [0.717, 1.165) is 0 Å². The Hall–Kier alpha value is -1.72. The first-order valence-electron chi connectivity index (χ1n) is 5.77. The fourth-order valence-electron chi connectivity index (χ4n) is 1.39. The standard InChI is InChI=1S/C7H10N.C7H8O3S/c1-7-5-3-4-6-8(7)2;8-11(9,10)6-7-4-2-1-3-5-7/h3-6H,1-2H3;1-5H,6H2,(H,8,9,10)/q+1;/p-1. The summed E-state index contributed by atoms with van der Waals surface area (Å²) in [6.45, 7) is 2.08. The molecule has 0 unspecified atom stereocenters. The molecule has 0 aliphatic heterocycles. The smallest absolute Gasteiger partial charge is 0.177 e. The van der Waals surface area contributed by atoms with Gasteiger partial charge in [-0.3, -0.25) is 0 Å². The third-order valence-electron chi connectivity index (χ3n) is 2.50. The molecule has 1 aromatic carbocycles. The largest absolute Gasteiger partial charge is 0.748 e. The number of hydrogen-bond donors (Lipinski definition) is 0. The maximum Gasteiger partial charge on any atom is 0.177 e. The topological polar surface area (TPSA) is 61.1 Å². The van der Waals surface area contributed by atoms with Crippen molar-refractivity contribution in [2.45, 2.75) is 12.7 Å². The third kappa shape index (κ3) is 6.69. The van der Waals surface area contributed by atoms with Crippen molar-refractivity contribution in [3.8, 4) is 0 Å². The van der Waals surface area contributed by atoms with Gasteiger partial charge in [0.25, 0.3) is 0 Å². The maximum atomic E-state index is 10.2. The van der Waals surface area contributed by atoms with Gasteiger partial charge in [0.1, 0.15) is 7.05 Å². The summed E-state index contributed by atoms with van der Waals surface area (Å²) >= 11 is 0. The monoisotopic (exact) mass is 279 g/mol. The highest BCUT2D eigenvalue weighted by molar-refractivity contribution is 7.84. The second kappa shape index (κ2) is 7.01. The first-order valence-corrected chi connectivity index (χ1v) is 7.35. The molecule has 102 valence electrons. The molecule has 2 aromatic rings. The van der Waals surface area contributed by atoms with Gasteiger partial charge >= 0.3 is 0 Å². The van der Waals surface area contributed by atoms with Crippen molar-refractivity contribution in [2.75, 3.05) is 0 Å². The second-order valence-corrected chi connectivity index (χ2v) is 5.54. The van der Waals surface area contributed by atoms with Crippen molar-refractivity contribution in [1.29, 1.82) is 0 Å². The summed E-state index contributed by atoms with van der Waals surface area (Å²) in [4.78, 5) is 0. The Kier molecular flexibility index (Phi) is 5.66. The molecule has 19 heavy (non-hydrogen) atoms. The van der Waals surface area contributed by atoms with Crippen LogP contribution < -0.4 is 4.57 Å². The Morgan fingerprint density at radius 2 is 1.63 bits per heavy atom.